The number of likely N-dealkylation sites (tertiary alicyclic amines) is 1. The summed E-state index contributed by atoms with van der Waals surface area (Å²) in [4.78, 5) is 24.5. The van der Waals surface area contributed by atoms with Crippen LogP contribution in [-0.2, 0) is 14.3 Å². The molecule has 1 rings (SSSR count). The fourth-order valence-electron chi connectivity index (χ4n) is 1.81. The van der Waals surface area contributed by atoms with Crippen LogP contribution in [0.25, 0.3) is 0 Å². The van der Waals surface area contributed by atoms with Gasteiger partial charge in [-0.15, -0.1) is 0 Å². The molecule has 98 valence electrons. The number of hydrogen-bond acceptors (Lipinski definition) is 4. The second kappa shape index (κ2) is 7.14. The van der Waals surface area contributed by atoms with Crippen molar-refractivity contribution in [2.24, 2.45) is 5.92 Å². The van der Waals surface area contributed by atoms with E-state index in [1.165, 1.54) is 13.5 Å². The molecule has 5 heteroatoms. The monoisotopic (exact) mass is 243 g/mol. The first-order valence-corrected chi connectivity index (χ1v) is 6.14. The lowest BCUT2D eigenvalue weighted by Crippen LogP contribution is -2.36. The van der Waals surface area contributed by atoms with Crippen molar-refractivity contribution in [2.45, 2.75) is 32.6 Å². The zero-order valence-corrected chi connectivity index (χ0v) is 10.6. The average Bonchev–Trinajstić information content (AvgIpc) is 2.38. The van der Waals surface area contributed by atoms with Crippen molar-refractivity contribution >= 4 is 12.1 Å². The summed E-state index contributed by atoms with van der Waals surface area (Å²) in [5.41, 5.74) is 0. The van der Waals surface area contributed by atoms with E-state index in [0.29, 0.717) is 6.42 Å². The molecule has 1 saturated heterocycles. The first-order valence-electron chi connectivity index (χ1n) is 6.14. The Balaban J connectivity index is 2.17. The second-order valence-corrected chi connectivity index (χ2v) is 4.37. The molecule has 0 saturated carbocycles. The highest BCUT2D eigenvalue weighted by molar-refractivity contribution is 5.72. The zero-order valence-electron chi connectivity index (χ0n) is 10.6. The van der Waals surface area contributed by atoms with Gasteiger partial charge in [0.15, 0.2) is 0 Å². The van der Waals surface area contributed by atoms with Crippen LogP contribution in [-0.4, -0.2) is 43.8 Å². The molecule has 1 amide bonds. The Kier molecular flexibility index (Phi) is 5.80. The molecule has 0 radical (unpaired) electrons. The van der Waals surface area contributed by atoms with Crippen molar-refractivity contribution in [2.75, 3.05) is 26.8 Å². The van der Waals surface area contributed by atoms with Gasteiger partial charge >= 0.3 is 12.1 Å². The molecule has 17 heavy (non-hydrogen) atoms. The first kappa shape index (κ1) is 13.8. The maximum Gasteiger partial charge on any atom is 0.409 e. The van der Waals surface area contributed by atoms with Gasteiger partial charge in [-0.05, 0) is 25.7 Å². The molecule has 0 N–H and O–H groups in total. The number of nitrogens with zero attached hydrogens (tertiary/aromatic N) is 1. The first-order chi connectivity index (χ1) is 8.15. The van der Waals surface area contributed by atoms with E-state index in [1.807, 2.05) is 0 Å². The van der Waals surface area contributed by atoms with Crippen LogP contribution in [0.4, 0.5) is 4.79 Å². The number of carbonyl (C=O) groups is 2. The van der Waals surface area contributed by atoms with E-state index in [9.17, 15) is 9.59 Å². The lowest BCUT2D eigenvalue weighted by molar-refractivity contribution is -0.145. The van der Waals surface area contributed by atoms with E-state index in [1.54, 1.807) is 11.8 Å². The molecule has 0 aliphatic carbocycles. The fourth-order valence-corrected chi connectivity index (χ4v) is 1.81. The summed E-state index contributed by atoms with van der Waals surface area (Å²) < 4.78 is 9.72. The molecular formula is C12H21NO4. The van der Waals surface area contributed by atoms with Crippen molar-refractivity contribution in [3.05, 3.63) is 0 Å². The number of carbonyl (C=O) groups excluding carboxylic acids is 2. The van der Waals surface area contributed by atoms with Gasteiger partial charge in [0, 0.05) is 13.1 Å². The maximum atomic E-state index is 11.6. The predicted octanol–water partition coefficient (Wildman–Crippen LogP) is 1.81. The lowest BCUT2D eigenvalue weighted by atomic mass is 10.1. The van der Waals surface area contributed by atoms with E-state index in [0.717, 1.165) is 25.9 Å². The SMILES string of the molecule is COC(=O)C(C)CCOC(=O)N1CCCCC1. The number of hydrogen-bond donors (Lipinski definition) is 0. The quantitative estimate of drug-likeness (QED) is 0.707. The van der Waals surface area contributed by atoms with Crippen molar-refractivity contribution in [1.82, 2.24) is 4.90 Å². The van der Waals surface area contributed by atoms with Crippen LogP contribution < -0.4 is 0 Å². The molecule has 0 aromatic rings. The van der Waals surface area contributed by atoms with Crippen LogP contribution >= 0.6 is 0 Å². The highest BCUT2D eigenvalue weighted by atomic mass is 16.6. The third kappa shape index (κ3) is 4.63. The van der Waals surface area contributed by atoms with Gasteiger partial charge in [0.1, 0.15) is 0 Å². The number of ether oxygens (including phenoxy) is 2. The molecule has 5 nitrogen and oxygen atoms in total. The van der Waals surface area contributed by atoms with Crippen LogP contribution in [0.2, 0.25) is 0 Å². The molecule has 1 aliphatic rings. The normalized spacial score (nSPS) is 17.4. The minimum Gasteiger partial charge on any atom is -0.469 e. The number of esters is 1. The molecule has 0 aromatic heterocycles. The number of piperidine rings is 1. The van der Waals surface area contributed by atoms with Crippen molar-refractivity contribution in [3.63, 3.8) is 0 Å². The summed E-state index contributed by atoms with van der Waals surface area (Å²) in [5, 5.41) is 0. The van der Waals surface area contributed by atoms with Crippen LogP contribution in [0.1, 0.15) is 32.6 Å². The Labute approximate surface area is 102 Å². The molecule has 0 spiro atoms. The maximum absolute atomic E-state index is 11.6. The topological polar surface area (TPSA) is 55.8 Å². The highest BCUT2D eigenvalue weighted by Gasteiger charge is 2.19. The Bertz CT molecular complexity index is 261. The number of rotatable bonds is 4. The largest absolute Gasteiger partial charge is 0.469 e. The van der Waals surface area contributed by atoms with Crippen molar-refractivity contribution in [1.29, 1.82) is 0 Å². The molecule has 1 aliphatic heterocycles. The van der Waals surface area contributed by atoms with Crippen LogP contribution in [0.15, 0.2) is 0 Å². The molecule has 1 unspecified atom stereocenters. The molecule has 1 atom stereocenters. The van der Waals surface area contributed by atoms with E-state index in [4.69, 9.17) is 4.74 Å². The summed E-state index contributed by atoms with van der Waals surface area (Å²) >= 11 is 0. The van der Waals surface area contributed by atoms with Crippen LogP contribution in [0.5, 0.6) is 0 Å². The van der Waals surface area contributed by atoms with Crippen LogP contribution in [0, 0.1) is 5.92 Å². The summed E-state index contributed by atoms with van der Waals surface area (Å²) in [6.07, 6.45) is 3.53. The summed E-state index contributed by atoms with van der Waals surface area (Å²) in [6, 6.07) is 0. The average molecular weight is 243 g/mol. The van der Waals surface area contributed by atoms with Gasteiger partial charge in [0.05, 0.1) is 19.6 Å². The van der Waals surface area contributed by atoms with Gasteiger partial charge < -0.3 is 14.4 Å². The summed E-state index contributed by atoms with van der Waals surface area (Å²) in [5.74, 6) is -0.492. The Morgan fingerprint density at radius 1 is 1.24 bits per heavy atom. The van der Waals surface area contributed by atoms with E-state index in [-0.39, 0.29) is 24.6 Å². The lowest BCUT2D eigenvalue weighted by Gasteiger charge is -2.25. The second-order valence-electron chi connectivity index (χ2n) is 4.37. The minimum atomic E-state index is -0.265. The Morgan fingerprint density at radius 2 is 1.88 bits per heavy atom. The molecule has 1 fully saturated rings. The van der Waals surface area contributed by atoms with Crippen LogP contribution in [0.3, 0.4) is 0 Å². The molecule has 0 aromatic carbocycles. The van der Waals surface area contributed by atoms with E-state index in [2.05, 4.69) is 4.74 Å². The third-order valence-corrected chi connectivity index (χ3v) is 2.99. The smallest absolute Gasteiger partial charge is 0.409 e. The highest BCUT2D eigenvalue weighted by Crippen LogP contribution is 2.10. The van der Waals surface area contributed by atoms with Gasteiger partial charge in [-0.2, -0.15) is 0 Å². The fraction of sp³-hybridized carbons (Fsp3) is 0.833. The number of amides is 1. The minimum absolute atomic E-state index is 0.228. The number of methoxy groups -OCH3 is 1. The predicted molar refractivity (Wildman–Crippen MR) is 62.6 cm³/mol. The Hall–Kier alpha value is -1.26. The van der Waals surface area contributed by atoms with Gasteiger partial charge in [0.2, 0.25) is 0 Å². The van der Waals surface area contributed by atoms with Crippen molar-refractivity contribution < 1.29 is 19.1 Å². The Morgan fingerprint density at radius 3 is 2.47 bits per heavy atom. The molecular weight excluding hydrogens is 222 g/mol. The van der Waals surface area contributed by atoms with E-state index >= 15 is 0 Å². The third-order valence-electron chi connectivity index (χ3n) is 2.99. The summed E-state index contributed by atoms with van der Waals surface area (Å²) in [7, 11) is 1.36. The molecule has 0 bridgehead atoms. The zero-order chi connectivity index (χ0) is 12.7. The van der Waals surface area contributed by atoms with E-state index < -0.39 is 0 Å². The standard InChI is InChI=1S/C12H21NO4/c1-10(11(14)16-2)6-9-17-12(15)13-7-4-3-5-8-13/h10H,3-9H2,1-2H3. The molecule has 1 heterocycles. The van der Waals surface area contributed by atoms with Gasteiger partial charge in [-0.1, -0.05) is 6.92 Å². The van der Waals surface area contributed by atoms with Crippen molar-refractivity contribution in [3.8, 4) is 0 Å². The summed E-state index contributed by atoms with van der Waals surface area (Å²) in [6.45, 7) is 3.60. The van der Waals surface area contributed by atoms with Gasteiger partial charge in [-0.25, -0.2) is 4.79 Å². The van der Waals surface area contributed by atoms with Gasteiger partial charge in [-0.3, -0.25) is 4.79 Å². The van der Waals surface area contributed by atoms with Gasteiger partial charge in [0.25, 0.3) is 0 Å².